The molecule has 0 amide bonds. The van der Waals surface area contributed by atoms with E-state index in [0.717, 1.165) is 18.4 Å². The molecule has 4 nitrogen and oxygen atoms in total. The van der Waals surface area contributed by atoms with Crippen LogP contribution in [0.15, 0.2) is 23.1 Å². The topological polar surface area (TPSA) is 69.4 Å². The summed E-state index contributed by atoms with van der Waals surface area (Å²) < 4.78 is 28.0. The summed E-state index contributed by atoms with van der Waals surface area (Å²) in [6, 6.07) is 4.87. The fourth-order valence-corrected chi connectivity index (χ4v) is 1.95. The normalized spacial score (nSPS) is 11.4. The molecule has 1 aromatic carbocycles. The van der Waals surface area contributed by atoms with Crippen molar-refractivity contribution in [2.24, 2.45) is 5.14 Å². The van der Waals surface area contributed by atoms with Crippen LogP contribution in [0.1, 0.15) is 25.3 Å². The minimum Gasteiger partial charge on any atom is -0.492 e. The van der Waals surface area contributed by atoms with E-state index in [9.17, 15) is 8.42 Å². The summed E-state index contributed by atoms with van der Waals surface area (Å²) in [6.45, 7) is 4.42. The first-order valence-electron chi connectivity index (χ1n) is 5.21. The van der Waals surface area contributed by atoms with Crippen molar-refractivity contribution < 1.29 is 13.2 Å². The van der Waals surface area contributed by atoms with Crippen LogP contribution in [0.25, 0.3) is 0 Å². The van der Waals surface area contributed by atoms with Gasteiger partial charge in [0.1, 0.15) is 10.6 Å². The quantitative estimate of drug-likeness (QED) is 0.802. The Morgan fingerprint density at radius 1 is 1.38 bits per heavy atom. The van der Waals surface area contributed by atoms with Gasteiger partial charge in [0.05, 0.1) is 6.61 Å². The maximum atomic E-state index is 11.3. The molecule has 5 heteroatoms. The number of hydrogen-bond acceptors (Lipinski definition) is 3. The van der Waals surface area contributed by atoms with Crippen molar-refractivity contribution in [3.8, 4) is 5.75 Å². The average Bonchev–Trinajstić information content (AvgIpc) is 2.16. The molecule has 1 rings (SSSR count). The second kappa shape index (κ2) is 5.32. The monoisotopic (exact) mass is 243 g/mol. The predicted octanol–water partition coefficient (Wildman–Crippen LogP) is 1.82. The van der Waals surface area contributed by atoms with E-state index in [2.05, 4.69) is 0 Å². The van der Waals surface area contributed by atoms with E-state index in [0.29, 0.717) is 12.4 Å². The Balaban J connectivity index is 3.00. The van der Waals surface area contributed by atoms with Gasteiger partial charge in [-0.05, 0) is 31.0 Å². The predicted molar refractivity (Wildman–Crippen MR) is 63.0 cm³/mol. The third kappa shape index (κ3) is 3.50. The van der Waals surface area contributed by atoms with Crippen molar-refractivity contribution in [2.75, 3.05) is 6.61 Å². The van der Waals surface area contributed by atoms with Crippen LogP contribution in [-0.2, 0) is 10.0 Å². The molecule has 1 aromatic rings. The molecule has 0 aromatic heterocycles. The first-order chi connectivity index (χ1) is 7.45. The molecule has 0 saturated heterocycles. The Morgan fingerprint density at radius 3 is 2.62 bits per heavy atom. The first kappa shape index (κ1) is 13.0. The molecule has 0 radical (unpaired) electrons. The van der Waals surface area contributed by atoms with E-state index in [1.54, 1.807) is 12.1 Å². The Bertz CT molecular complexity index is 454. The zero-order valence-electron chi connectivity index (χ0n) is 9.56. The van der Waals surface area contributed by atoms with Crippen LogP contribution in [0.2, 0.25) is 0 Å². The molecule has 0 heterocycles. The standard InChI is InChI=1S/C11H17NO3S/c1-3-4-7-15-10-8-9(2)5-6-11(10)16(12,13)14/h5-6,8H,3-4,7H2,1-2H3,(H2,12,13,14). The van der Waals surface area contributed by atoms with Crippen LogP contribution in [0.5, 0.6) is 5.75 Å². The number of unbranched alkanes of at least 4 members (excludes halogenated alkanes) is 1. The van der Waals surface area contributed by atoms with E-state index >= 15 is 0 Å². The molecule has 0 aliphatic carbocycles. The van der Waals surface area contributed by atoms with Gasteiger partial charge in [-0.15, -0.1) is 0 Å². The average molecular weight is 243 g/mol. The van der Waals surface area contributed by atoms with Gasteiger partial charge < -0.3 is 4.74 Å². The molecular weight excluding hydrogens is 226 g/mol. The SMILES string of the molecule is CCCCOc1cc(C)ccc1S(N)(=O)=O. The Morgan fingerprint density at radius 2 is 2.06 bits per heavy atom. The minimum absolute atomic E-state index is 0.0502. The highest BCUT2D eigenvalue weighted by molar-refractivity contribution is 7.89. The second-order valence-corrected chi connectivity index (χ2v) is 5.23. The van der Waals surface area contributed by atoms with Gasteiger partial charge in [0, 0.05) is 0 Å². The molecule has 90 valence electrons. The first-order valence-corrected chi connectivity index (χ1v) is 6.76. The third-order valence-corrected chi connectivity index (χ3v) is 3.11. The van der Waals surface area contributed by atoms with Gasteiger partial charge in [-0.2, -0.15) is 0 Å². The molecule has 0 saturated carbocycles. The van der Waals surface area contributed by atoms with E-state index in [1.165, 1.54) is 6.07 Å². The lowest BCUT2D eigenvalue weighted by molar-refractivity contribution is 0.301. The lowest BCUT2D eigenvalue weighted by Crippen LogP contribution is -2.14. The number of primary sulfonamides is 1. The van der Waals surface area contributed by atoms with Gasteiger partial charge >= 0.3 is 0 Å². The van der Waals surface area contributed by atoms with E-state index in [4.69, 9.17) is 9.88 Å². The van der Waals surface area contributed by atoms with Gasteiger partial charge in [-0.25, -0.2) is 13.6 Å². The van der Waals surface area contributed by atoms with Crippen molar-refractivity contribution >= 4 is 10.0 Å². The largest absolute Gasteiger partial charge is 0.492 e. The number of hydrogen-bond donors (Lipinski definition) is 1. The molecule has 0 spiro atoms. The number of rotatable bonds is 5. The number of nitrogens with two attached hydrogens (primary N) is 1. The molecular formula is C11H17NO3S. The summed E-state index contributed by atoms with van der Waals surface area (Å²) in [5, 5.41) is 5.10. The number of ether oxygens (including phenoxy) is 1. The van der Waals surface area contributed by atoms with Crippen LogP contribution in [-0.4, -0.2) is 15.0 Å². The van der Waals surface area contributed by atoms with Gasteiger partial charge in [-0.1, -0.05) is 19.4 Å². The van der Waals surface area contributed by atoms with E-state index in [1.807, 2.05) is 13.8 Å². The summed E-state index contributed by atoms with van der Waals surface area (Å²) in [4.78, 5) is 0.0502. The zero-order valence-corrected chi connectivity index (χ0v) is 10.4. The van der Waals surface area contributed by atoms with Crippen molar-refractivity contribution in [2.45, 2.75) is 31.6 Å². The van der Waals surface area contributed by atoms with Gasteiger partial charge in [0.15, 0.2) is 0 Å². The van der Waals surface area contributed by atoms with Crippen LogP contribution < -0.4 is 9.88 Å². The Kier molecular flexibility index (Phi) is 4.32. The van der Waals surface area contributed by atoms with Crippen LogP contribution >= 0.6 is 0 Å². The lowest BCUT2D eigenvalue weighted by Gasteiger charge is -2.10. The summed E-state index contributed by atoms with van der Waals surface area (Å²) in [5.41, 5.74) is 0.943. The van der Waals surface area contributed by atoms with Crippen molar-refractivity contribution in [1.82, 2.24) is 0 Å². The molecule has 0 aliphatic heterocycles. The van der Waals surface area contributed by atoms with Crippen molar-refractivity contribution in [3.05, 3.63) is 23.8 Å². The molecule has 16 heavy (non-hydrogen) atoms. The Labute approximate surface area is 96.5 Å². The van der Waals surface area contributed by atoms with Crippen LogP contribution in [0.4, 0.5) is 0 Å². The third-order valence-electron chi connectivity index (χ3n) is 2.16. The highest BCUT2D eigenvalue weighted by Crippen LogP contribution is 2.24. The summed E-state index contributed by atoms with van der Waals surface area (Å²) >= 11 is 0. The maximum Gasteiger partial charge on any atom is 0.241 e. The number of sulfonamides is 1. The van der Waals surface area contributed by atoms with Crippen molar-refractivity contribution in [3.63, 3.8) is 0 Å². The fourth-order valence-electron chi connectivity index (χ4n) is 1.29. The van der Waals surface area contributed by atoms with E-state index < -0.39 is 10.0 Å². The summed E-state index contributed by atoms with van der Waals surface area (Å²) in [7, 11) is -3.71. The minimum atomic E-state index is -3.71. The van der Waals surface area contributed by atoms with E-state index in [-0.39, 0.29) is 4.90 Å². The molecule has 0 atom stereocenters. The van der Waals surface area contributed by atoms with Gasteiger partial charge in [0.2, 0.25) is 10.0 Å². The number of aryl methyl sites for hydroxylation is 1. The summed E-state index contributed by atoms with van der Waals surface area (Å²) in [5.74, 6) is 0.343. The molecule has 0 fully saturated rings. The number of benzene rings is 1. The molecule has 2 N–H and O–H groups in total. The van der Waals surface area contributed by atoms with Gasteiger partial charge in [-0.3, -0.25) is 0 Å². The fraction of sp³-hybridized carbons (Fsp3) is 0.455. The molecule has 0 bridgehead atoms. The van der Waals surface area contributed by atoms with Crippen molar-refractivity contribution in [1.29, 1.82) is 0 Å². The highest BCUT2D eigenvalue weighted by Gasteiger charge is 2.14. The van der Waals surface area contributed by atoms with Crippen LogP contribution in [0.3, 0.4) is 0 Å². The zero-order chi connectivity index (χ0) is 12.2. The van der Waals surface area contributed by atoms with Gasteiger partial charge in [0.25, 0.3) is 0 Å². The lowest BCUT2D eigenvalue weighted by atomic mass is 10.2. The maximum absolute atomic E-state index is 11.3. The highest BCUT2D eigenvalue weighted by atomic mass is 32.2. The second-order valence-electron chi connectivity index (χ2n) is 3.70. The molecule has 0 aliphatic rings. The van der Waals surface area contributed by atoms with Crippen LogP contribution in [0, 0.1) is 6.92 Å². The molecule has 0 unspecified atom stereocenters. The Hall–Kier alpha value is -1.07. The summed E-state index contributed by atoms with van der Waals surface area (Å²) in [6.07, 6.45) is 1.88. The smallest absolute Gasteiger partial charge is 0.241 e.